The Morgan fingerprint density at radius 2 is 1.59 bits per heavy atom. The lowest BCUT2D eigenvalue weighted by Crippen LogP contribution is -2.10. The second kappa shape index (κ2) is 7.60. The molecule has 0 aliphatic carbocycles. The van der Waals surface area contributed by atoms with E-state index in [1.54, 1.807) is 17.7 Å². The number of thiophene rings is 1. The Kier molecular flexibility index (Phi) is 5.13. The molecule has 4 rings (SSSR count). The summed E-state index contributed by atoms with van der Waals surface area (Å²) in [6.45, 7) is 11.1. The molecular weight excluding hydrogens is 374 g/mol. The average Bonchev–Trinajstić information content (AvgIpc) is 3.13. The first-order valence-electron chi connectivity index (χ1n) is 10.0. The van der Waals surface area contributed by atoms with E-state index < -0.39 is 0 Å². The van der Waals surface area contributed by atoms with Gasteiger partial charge in [-0.15, -0.1) is 11.3 Å². The molecule has 1 N–H and O–H groups in total. The minimum absolute atomic E-state index is 0.142. The van der Waals surface area contributed by atoms with Crippen molar-refractivity contribution in [2.45, 2.75) is 46.0 Å². The Hall–Kier alpha value is -2.72. The second-order valence-electron chi connectivity index (χ2n) is 8.78. The molecule has 0 aliphatic rings. The molecule has 0 aliphatic heterocycles. The van der Waals surface area contributed by atoms with Crippen LogP contribution in [0.1, 0.15) is 51.7 Å². The lowest BCUT2D eigenvalue weighted by molar-refractivity contribution is 0.590. The summed E-state index contributed by atoms with van der Waals surface area (Å²) in [5.41, 5.74) is 6.21. The van der Waals surface area contributed by atoms with Gasteiger partial charge in [-0.05, 0) is 40.2 Å². The summed E-state index contributed by atoms with van der Waals surface area (Å²) in [5.74, 6) is 1.38. The van der Waals surface area contributed by atoms with Crippen LogP contribution in [0.15, 0.2) is 60.2 Å². The maximum absolute atomic E-state index is 4.56. The number of anilines is 2. The Balaban J connectivity index is 1.71. The number of benzene rings is 2. The molecular formula is C25H27N3S. The van der Waals surface area contributed by atoms with E-state index in [1.165, 1.54) is 22.3 Å². The van der Waals surface area contributed by atoms with E-state index in [0.29, 0.717) is 5.92 Å². The molecule has 0 amide bonds. The number of nitrogens with zero attached hydrogens (tertiary/aromatic N) is 2. The molecule has 29 heavy (non-hydrogen) atoms. The van der Waals surface area contributed by atoms with Crippen LogP contribution in [0.4, 0.5) is 11.5 Å². The molecule has 2 aromatic carbocycles. The quantitative estimate of drug-likeness (QED) is 0.384. The Morgan fingerprint density at radius 3 is 2.21 bits per heavy atom. The first-order chi connectivity index (χ1) is 13.8. The van der Waals surface area contributed by atoms with Crippen LogP contribution in [0.5, 0.6) is 0 Å². The fourth-order valence-corrected chi connectivity index (χ4v) is 4.34. The van der Waals surface area contributed by atoms with Gasteiger partial charge in [0.1, 0.15) is 17.0 Å². The fourth-order valence-electron chi connectivity index (χ4n) is 3.42. The van der Waals surface area contributed by atoms with Crippen molar-refractivity contribution in [3.8, 4) is 11.1 Å². The topological polar surface area (TPSA) is 37.8 Å². The van der Waals surface area contributed by atoms with Gasteiger partial charge in [-0.2, -0.15) is 0 Å². The summed E-state index contributed by atoms with van der Waals surface area (Å²) in [6.07, 6.45) is 1.64. The maximum atomic E-state index is 4.56. The maximum Gasteiger partial charge on any atom is 0.143 e. The Morgan fingerprint density at radius 1 is 0.897 bits per heavy atom. The molecule has 2 heterocycles. The van der Waals surface area contributed by atoms with Gasteiger partial charge in [-0.25, -0.2) is 9.97 Å². The number of hydrogen-bond acceptors (Lipinski definition) is 4. The van der Waals surface area contributed by atoms with Crippen molar-refractivity contribution in [2.24, 2.45) is 0 Å². The van der Waals surface area contributed by atoms with Crippen LogP contribution in [0.2, 0.25) is 0 Å². The molecule has 4 aromatic rings. The van der Waals surface area contributed by atoms with Gasteiger partial charge in [0.05, 0.1) is 5.39 Å². The SMILES string of the molecule is CC(C)c1ccc(-c2csc3ncnc(Nc4ccc(C(C)(C)C)cc4)c23)cc1. The van der Waals surface area contributed by atoms with E-state index in [-0.39, 0.29) is 5.41 Å². The zero-order valence-corrected chi connectivity index (χ0v) is 18.5. The van der Waals surface area contributed by atoms with Crippen molar-refractivity contribution >= 4 is 33.1 Å². The van der Waals surface area contributed by atoms with E-state index in [2.05, 4.69) is 104 Å². The number of rotatable bonds is 4. The van der Waals surface area contributed by atoms with Crippen LogP contribution in [-0.4, -0.2) is 9.97 Å². The monoisotopic (exact) mass is 401 g/mol. The third kappa shape index (κ3) is 4.03. The second-order valence-corrected chi connectivity index (χ2v) is 9.64. The van der Waals surface area contributed by atoms with E-state index in [9.17, 15) is 0 Å². The largest absolute Gasteiger partial charge is 0.340 e. The molecule has 0 saturated carbocycles. The lowest BCUT2D eigenvalue weighted by atomic mass is 9.87. The molecule has 0 atom stereocenters. The summed E-state index contributed by atoms with van der Waals surface area (Å²) in [5, 5.41) is 6.76. The number of hydrogen-bond donors (Lipinski definition) is 1. The molecule has 0 fully saturated rings. The minimum atomic E-state index is 0.142. The molecule has 0 saturated heterocycles. The Bertz CT molecular complexity index is 1120. The number of fused-ring (bicyclic) bond motifs is 1. The van der Waals surface area contributed by atoms with Crippen molar-refractivity contribution in [2.75, 3.05) is 5.32 Å². The molecule has 3 nitrogen and oxygen atoms in total. The minimum Gasteiger partial charge on any atom is -0.340 e. The van der Waals surface area contributed by atoms with Crippen molar-refractivity contribution in [3.63, 3.8) is 0 Å². The van der Waals surface area contributed by atoms with E-state index in [4.69, 9.17) is 0 Å². The fraction of sp³-hybridized carbons (Fsp3) is 0.280. The average molecular weight is 402 g/mol. The summed E-state index contributed by atoms with van der Waals surface area (Å²) in [7, 11) is 0. The van der Waals surface area contributed by atoms with Gasteiger partial charge < -0.3 is 5.32 Å². The van der Waals surface area contributed by atoms with Gasteiger partial charge in [0.2, 0.25) is 0 Å². The first kappa shape index (κ1) is 19.6. The molecule has 0 unspecified atom stereocenters. The standard InChI is InChI=1S/C25H27N3S/c1-16(2)17-6-8-18(9-7-17)21-14-29-24-22(21)23(26-15-27-24)28-20-12-10-19(11-13-20)25(3,4)5/h6-16H,1-5H3,(H,26,27,28). The molecule has 2 aromatic heterocycles. The van der Waals surface area contributed by atoms with Gasteiger partial charge in [-0.3, -0.25) is 0 Å². The summed E-state index contributed by atoms with van der Waals surface area (Å²) < 4.78 is 0. The van der Waals surface area contributed by atoms with Gasteiger partial charge in [0, 0.05) is 16.6 Å². The molecule has 4 heteroatoms. The lowest BCUT2D eigenvalue weighted by Gasteiger charge is -2.19. The Labute approximate surface area is 176 Å². The number of nitrogens with one attached hydrogen (secondary N) is 1. The summed E-state index contributed by atoms with van der Waals surface area (Å²) in [6, 6.07) is 17.4. The van der Waals surface area contributed by atoms with Crippen molar-refractivity contribution < 1.29 is 0 Å². The molecule has 148 valence electrons. The van der Waals surface area contributed by atoms with Gasteiger partial charge in [-0.1, -0.05) is 71.0 Å². The summed E-state index contributed by atoms with van der Waals surface area (Å²) >= 11 is 1.66. The van der Waals surface area contributed by atoms with E-state index >= 15 is 0 Å². The highest BCUT2D eigenvalue weighted by atomic mass is 32.1. The first-order valence-corrected chi connectivity index (χ1v) is 10.9. The van der Waals surface area contributed by atoms with Crippen molar-refractivity contribution in [1.82, 2.24) is 9.97 Å². The zero-order valence-electron chi connectivity index (χ0n) is 17.7. The van der Waals surface area contributed by atoms with Crippen molar-refractivity contribution in [3.05, 3.63) is 71.4 Å². The van der Waals surface area contributed by atoms with E-state index in [1.807, 2.05) is 0 Å². The van der Waals surface area contributed by atoms with Crippen LogP contribution in [0, 0.1) is 0 Å². The van der Waals surface area contributed by atoms with Crippen LogP contribution < -0.4 is 5.32 Å². The molecule has 0 radical (unpaired) electrons. The van der Waals surface area contributed by atoms with Crippen LogP contribution in [0.25, 0.3) is 21.3 Å². The third-order valence-corrected chi connectivity index (χ3v) is 6.16. The highest BCUT2D eigenvalue weighted by Gasteiger charge is 2.15. The van der Waals surface area contributed by atoms with Crippen LogP contribution in [0.3, 0.4) is 0 Å². The van der Waals surface area contributed by atoms with Crippen LogP contribution in [-0.2, 0) is 5.41 Å². The predicted octanol–water partition coefficient (Wildman–Crippen LogP) is 7.52. The normalized spacial score (nSPS) is 11.9. The number of aromatic nitrogens is 2. The highest BCUT2D eigenvalue weighted by Crippen LogP contribution is 2.38. The van der Waals surface area contributed by atoms with Gasteiger partial charge in [0.15, 0.2) is 0 Å². The predicted molar refractivity (Wildman–Crippen MR) is 125 cm³/mol. The van der Waals surface area contributed by atoms with Gasteiger partial charge >= 0.3 is 0 Å². The summed E-state index contributed by atoms with van der Waals surface area (Å²) in [4.78, 5) is 10.0. The smallest absolute Gasteiger partial charge is 0.143 e. The highest BCUT2D eigenvalue weighted by molar-refractivity contribution is 7.17. The van der Waals surface area contributed by atoms with Crippen LogP contribution >= 0.6 is 11.3 Å². The molecule has 0 spiro atoms. The van der Waals surface area contributed by atoms with Gasteiger partial charge in [0.25, 0.3) is 0 Å². The van der Waals surface area contributed by atoms with E-state index in [0.717, 1.165) is 21.7 Å². The third-order valence-electron chi connectivity index (χ3n) is 5.27. The molecule has 0 bridgehead atoms. The zero-order chi connectivity index (χ0) is 20.6. The van der Waals surface area contributed by atoms with Crippen molar-refractivity contribution in [1.29, 1.82) is 0 Å².